The van der Waals surface area contributed by atoms with Gasteiger partial charge in [-0.15, -0.1) is 0 Å². The van der Waals surface area contributed by atoms with E-state index in [1.165, 1.54) is 0 Å². The van der Waals surface area contributed by atoms with Gasteiger partial charge in [-0.1, -0.05) is 23.2 Å². The van der Waals surface area contributed by atoms with Crippen LogP contribution in [0.2, 0.25) is 10.0 Å². The summed E-state index contributed by atoms with van der Waals surface area (Å²) in [6, 6.07) is 7.89. The van der Waals surface area contributed by atoms with Crippen molar-refractivity contribution in [1.82, 2.24) is 0 Å². The molecule has 0 amide bonds. The first-order valence-corrected chi connectivity index (χ1v) is 8.19. The SMILES string of the molecule is Cc1cc(Cl)cc(C)c1N1[C]N(c2c(C)cc(Cl)cc2C)C=C1. The molecule has 0 N–H and O–H groups in total. The van der Waals surface area contributed by atoms with E-state index in [-0.39, 0.29) is 0 Å². The predicted octanol–water partition coefficient (Wildman–Crippen LogP) is 6.02. The van der Waals surface area contributed by atoms with Crippen molar-refractivity contribution in [2.75, 3.05) is 9.80 Å². The number of hydrogen-bond donors (Lipinski definition) is 0. The third-order valence-corrected chi connectivity index (χ3v) is 4.41. The lowest BCUT2D eigenvalue weighted by Gasteiger charge is -2.24. The summed E-state index contributed by atoms with van der Waals surface area (Å²) in [5.41, 5.74) is 6.71. The normalized spacial score (nSPS) is 14.0. The van der Waals surface area contributed by atoms with Crippen molar-refractivity contribution >= 4 is 34.6 Å². The maximum atomic E-state index is 6.13. The first kappa shape index (κ1) is 16.2. The molecule has 0 aliphatic carbocycles. The molecule has 1 aliphatic rings. The number of aryl methyl sites for hydroxylation is 4. The standard InChI is InChI=1S/C19H18Cl2N2/c1-12-7-16(20)8-13(2)18(12)22-5-6-23(11-22)19-14(3)9-17(21)10-15(19)4/h5-10H,1-4H3. The van der Waals surface area contributed by atoms with E-state index in [0.717, 1.165) is 43.7 Å². The quantitative estimate of drug-likeness (QED) is 0.656. The van der Waals surface area contributed by atoms with Crippen LogP contribution in [-0.4, -0.2) is 0 Å². The number of benzene rings is 2. The second kappa shape index (κ2) is 6.10. The van der Waals surface area contributed by atoms with Gasteiger partial charge in [-0.3, -0.25) is 0 Å². The number of anilines is 2. The van der Waals surface area contributed by atoms with Crippen LogP contribution in [0.3, 0.4) is 0 Å². The lowest BCUT2D eigenvalue weighted by atomic mass is 10.1. The highest BCUT2D eigenvalue weighted by Crippen LogP contribution is 2.36. The van der Waals surface area contributed by atoms with Crippen LogP contribution in [-0.2, 0) is 0 Å². The van der Waals surface area contributed by atoms with Gasteiger partial charge in [0.2, 0.25) is 6.67 Å². The maximum Gasteiger partial charge on any atom is 0.217 e. The van der Waals surface area contributed by atoms with Crippen LogP contribution < -0.4 is 9.80 Å². The molecule has 2 radical (unpaired) electrons. The van der Waals surface area contributed by atoms with Crippen LogP contribution in [0.15, 0.2) is 36.7 Å². The Morgan fingerprint density at radius 2 is 0.957 bits per heavy atom. The van der Waals surface area contributed by atoms with Gasteiger partial charge in [-0.2, -0.15) is 0 Å². The molecule has 0 atom stereocenters. The second-order valence-corrected chi connectivity index (χ2v) is 6.79. The molecule has 0 spiro atoms. The zero-order valence-electron chi connectivity index (χ0n) is 13.6. The fourth-order valence-corrected chi connectivity index (χ4v) is 3.79. The molecule has 23 heavy (non-hydrogen) atoms. The summed E-state index contributed by atoms with van der Waals surface area (Å²) >= 11 is 12.3. The highest BCUT2D eigenvalue weighted by molar-refractivity contribution is 6.31. The molecule has 4 heteroatoms. The van der Waals surface area contributed by atoms with Crippen molar-refractivity contribution in [3.63, 3.8) is 0 Å². The molecule has 2 aromatic rings. The van der Waals surface area contributed by atoms with E-state index in [2.05, 4.69) is 34.4 Å². The Morgan fingerprint density at radius 1 is 0.652 bits per heavy atom. The summed E-state index contributed by atoms with van der Waals surface area (Å²) in [4.78, 5) is 4.02. The lowest BCUT2D eigenvalue weighted by molar-refractivity contribution is 1.08. The fourth-order valence-electron chi connectivity index (χ4n) is 3.13. The van der Waals surface area contributed by atoms with Crippen molar-refractivity contribution in [2.24, 2.45) is 0 Å². The largest absolute Gasteiger partial charge is 0.315 e. The lowest BCUT2D eigenvalue weighted by Crippen LogP contribution is -2.20. The summed E-state index contributed by atoms with van der Waals surface area (Å²) in [5.74, 6) is 0. The van der Waals surface area contributed by atoms with Crippen molar-refractivity contribution < 1.29 is 0 Å². The topological polar surface area (TPSA) is 6.48 Å². The molecule has 2 nitrogen and oxygen atoms in total. The van der Waals surface area contributed by atoms with E-state index in [0.29, 0.717) is 0 Å². The Bertz CT molecular complexity index is 684. The molecular weight excluding hydrogens is 327 g/mol. The highest BCUT2D eigenvalue weighted by atomic mass is 35.5. The number of halogens is 2. The second-order valence-electron chi connectivity index (χ2n) is 5.91. The maximum absolute atomic E-state index is 6.13. The number of nitrogens with zero attached hydrogens (tertiary/aromatic N) is 2. The van der Waals surface area contributed by atoms with Crippen molar-refractivity contribution in [3.8, 4) is 0 Å². The third kappa shape index (κ3) is 3.06. The Kier molecular flexibility index (Phi) is 4.31. The first-order valence-electron chi connectivity index (χ1n) is 7.43. The fraction of sp³-hybridized carbons (Fsp3) is 0.211. The van der Waals surface area contributed by atoms with E-state index in [9.17, 15) is 0 Å². The molecular formula is C19H18Cl2N2. The highest BCUT2D eigenvalue weighted by Gasteiger charge is 2.23. The van der Waals surface area contributed by atoms with Crippen LogP contribution in [0.5, 0.6) is 0 Å². The van der Waals surface area contributed by atoms with E-state index < -0.39 is 0 Å². The molecule has 118 valence electrons. The van der Waals surface area contributed by atoms with Crippen molar-refractivity contribution in [2.45, 2.75) is 27.7 Å². The molecule has 0 aromatic heterocycles. The van der Waals surface area contributed by atoms with Gasteiger partial charge in [-0.05, 0) is 74.2 Å². The van der Waals surface area contributed by atoms with Crippen LogP contribution >= 0.6 is 23.2 Å². The van der Waals surface area contributed by atoms with Gasteiger partial charge >= 0.3 is 0 Å². The molecule has 1 heterocycles. The van der Waals surface area contributed by atoms with Crippen molar-refractivity contribution in [3.05, 3.63) is 75.6 Å². The summed E-state index contributed by atoms with van der Waals surface area (Å²) in [7, 11) is 0. The summed E-state index contributed by atoms with van der Waals surface area (Å²) in [5, 5.41) is 1.52. The zero-order chi connectivity index (χ0) is 16.7. The van der Waals surface area contributed by atoms with Crippen LogP contribution in [0.25, 0.3) is 0 Å². The molecule has 0 fully saturated rings. The number of hydrogen-bond acceptors (Lipinski definition) is 2. The molecule has 0 saturated carbocycles. The van der Waals surface area contributed by atoms with Gasteiger partial charge < -0.3 is 9.80 Å². The van der Waals surface area contributed by atoms with Gasteiger partial charge in [0.1, 0.15) is 0 Å². The zero-order valence-corrected chi connectivity index (χ0v) is 15.1. The van der Waals surface area contributed by atoms with Crippen LogP contribution in [0, 0.1) is 34.4 Å². The van der Waals surface area contributed by atoms with Gasteiger partial charge in [-0.25, -0.2) is 0 Å². The minimum atomic E-state index is 0.758. The average Bonchev–Trinajstić information content (AvgIpc) is 2.85. The van der Waals surface area contributed by atoms with Gasteiger partial charge in [0.25, 0.3) is 0 Å². The van der Waals surface area contributed by atoms with Crippen LogP contribution in [0.1, 0.15) is 22.3 Å². The molecule has 2 aromatic carbocycles. The predicted molar refractivity (Wildman–Crippen MR) is 99.2 cm³/mol. The van der Waals surface area contributed by atoms with Gasteiger partial charge in [0, 0.05) is 33.8 Å². The summed E-state index contributed by atoms with van der Waals surface area (Å²) < 4.78 is 0. The molecule has 3 rings (SSSR count). The first-order chi connectivity index (χ1) is 10.9. The van der Waals surface area contributed by atoms with Gasteiger partial charge in [0.05, 0.1) is 0 Å². The molecule has 0 saturated heterocycles. The Hall–Kier alpha value is -1.64. The molecule has 1 aliphatic heterocycles. The Balaban J connectivity index is 1.93. The molecule has 0 bridgehead atoms. The summed E-state index contributed by atoms with van der Waals surface area (Å²) in [6.45, 7) is 11.6. The monoisotopic (exact) mass is 344 g/mol. The van der Waals surface area contributed by atoms with E-state index >= 15 is 0 Å². The van der Waals surface area contributed by atoms with Gasteiger partial charge in [0.15, 0.2) is 0 Å². The minimum absolute atomic E-state index is 0.758. The Morgan fingerprint density at radius 3 is 1.26 bits per heavy atom. The van der Waals surface area contributed by atoms with Crippen LogP contribution in [0.4, 0.5) is 11.4 Å². The summed E-state index contributed by atoms with van der Waals surface area (Å²) in [6.07, 6.45) is 4.02. The van der Waals surface area contributed by atoms with E-state index in [1.54, 1.807) is 0 Å². The van der Waals surface area contributed by atoms with E-state index in [1.807, 2.05) is 46.5 Å². The smallest absolute Gasteiger partial charge is 0.217 e. The number of rotatable bonds is 2. The average molecular weight is 345 g/mol. The minimum Gasteiger partial charge on any atom is -0.315 e. The molecule has 0 unspecified atom stereocenters. The Labute approximate surface area is 147 Å². The van der Waals surface area contributed by atoms with E-state index in [4.69, 9.17) is 23.2 Å². The third-order valence-electron chi connectivity index (χ3n) is 3.97. The van der Waals surface area contributed by atoms with Crippen molar-refractivity contribution in [1.29, 1.82) is 0 Å².